The third-order valence-corrected chi connectivity index (χ3v) is 27.3. The number of aromatic nitrogens is 9. The van der Waals surface area contributed by atoms with Gasteiger partial charge in [0, 0.05) is 194 Å². The maximum absolute atomic E-state index is 13.6. The average molecular weight is 1880 g/mol. The van der Waals surface area contributed by atoms with E-state index in [1.807, 2.05) is 121 Å². The van der Waals surface area contributed by atoms with Crippen molar-refractivity contribution in [3.05, 3.63) is 362 Å². The van der Waals surface area contributed by atoms with Crippen LogP contribution in [0.25, 0.3) is 31.3 Å². The molecule has 9 aromatic carbocycles. The van der Waals surface area contributed by atoms with E-state index in [1.165, 1.54) is 16.7 Å². The second-order valence-electron chi connectivity index (χ2n) is 33.5. The van der Waals surface area contributed by atoms with E-state index in [0.717, 1.165) is 101 Å². The van der Waals surface area contributed by atoms with Gasteiger partial charge in [-0.05, 0) is 124 Å². The first-order valence-corrected chi connectivity index (χ1v) is 47.9. The van der Waals surface area contributed by atoms with E-state index in [-0.39, 0.29) is 84.0 Å². The van der Waals surface area contributed by atoms with Crippen molar-refractivity contribution in [3.63, 3.8) is 0 Å². The van der Waals surface area contributed by atoms with Crippen LogP contribution in [0.2, 0.25) is 5.02 Å². The third-order valence-electron chi connectivity index (χ3n) is 24.6. The molecule has 18 rings (SSSR count). The highest BCUT2D eigenvalue weighted by molar-refractivity contribution is 7.13. The molecule has 0 saturated carbocycles. The standard InChI is InChI=1S/C35H34ClN5O3S.2C35H35N5O4S/c1-37-35(43)26(15-23-7-11-27(36)12-8-23)16-32(42)30-4-2-3-29-31(13-14-44-34(29)30)40-18-28-17-38-21-41(28)20-24-5-9-25(10-6-24)33-19-39-22-45-33;2*1-36-35(43)26(15-23-7-11-28(41)12-8-23)16-32(42)30-4-2-3-29-31(13-14-44-34(29)30)39-18-27-17-37-21-40(27)20-24-5-9-25(10-6-24)33-19-38-22-45-33/h2-12,17,19,21-22,26,31,40H,13-16,18,20H2,1H3,(H,37,43);2*2-12,17,19,21-22,26,31,39,41H,13-16,18,20H2,1H3,(H,36,43)/t26-,31?;26-,31+;26-,31-/m111/s1. The number of phenols is 2. The Morgan fingerprint density at radius 3 is 0.926 bits per heavy atom. The molecule has 15 aromatic rings. The van der Waals surface area contributed by atoms with Gasteiger partial charge in [-0.1, -0.05) is 157 Å². The molecule has 6 atom stereocenters. The van der Waals surface area contributed by atoms with Crippen LogP contribution in [0.4, 0.5) is 0 Å². The first-order valence-electron chi connectivity index (χ1n) is 44.9. The van der Waals surface area contributed by atoms with Gasteiger partial charge in [0.15, 0.2) is 17.3 Å². The molecule has 3 aliphatic heterocycles. The monoisotopic (exact) mass is 1880 g/mol. The summed E-state index contributed by atoms with van der Waals surface area (Å²) in [5.41, 5.74) is 22.8. The third kappa shape index (κ3) is 24.4. The molecule has 30 heteroatoms. The van der Waals surface area contributed by atoms with Crippen molar-refractivity contribution < 1.29 is 53.2 Å². The van der Waals surface area contributed by atoms with Gasteiger partial charge in [0.2, 0.25) is 17.7 Å². The topological polar surface area (TPSA) is 335 Å². The van der Waals surface area contributed by atoms with Gasteiger partial charge in [0.1, 0.15) is 28.7 Å². The largest absolute Gasteiger partial charge is 0.508 e. The predicted octanol–water partition coefficient (Wildman–Crippen LogP) is 17.6. The van der Waals surface area contributed by atoms with Gasteiger partial charge >= 0.3 is 0 Å². The number of phenolic OH excluding ortho intramolecular Hbond substituents is 2. The van der Waals surface area contributed by atoms with Crippen molar-refractivity contribution in [1.82, 2.24) is 75.5 Å². The SMILES string of the molecule is CNC(=O)[C@@H](CC(=O)c1cccc2c1OCCC2NCc1cncn1Cc1ccc(-c2cncs2)cc1)Cc1ccc(Cl)cc1.CNC(=O)[C@@H](CC(=O)c1cccc2c1OCC[C@@H]2NCc1cncn1Cc1ccc(-c2cncs2)cc1)Cc1ccc(O)cc1.CNC(=O)[C@@H](CC(=O)c1cccc2c1OCC[C@H]2NCc1cncn1Cc1ccc(-c2cncs2)cc1)Cc1ccc(O)cc1. The number of carbonyl (C=O) groups excluding carboxylic acids is 6. The highest BCUT2D eigenvalue weighted by Gasteiger charge is 2.34. The van der Waals surface area contributed by atoms with Crippen molar-refractivity contribution in [2.45, 2.75) is 115 Å². The summed E-state index contributed by atoms with van der Waals surface area (Å²) >= 11 is 10.9. The van der Waals surface area contributed by atoms with E-state index in [4.69, 9.17) is 25.8 Å². The maximum atomic E-state index is 13.6. The number of aromatic hydroxyl groups is 2. The molecule has 9 heterocycles. The first kappa shape index (κ1) is 94.3. The molecule has 0 fully saturated rings. The van der Waals surface area contributed by atoms with Gasteiger partial charge in [-0.2, -0.15) is 0 Å². The van der Waals surface area contributed by atoms with Crippen LogP contribution in [-0.4, -0.2) is 130 Å². The lowest BCUT2D eigenvalue weighted by Crippen LogP contribution is -2.31. The molecule has 0 spiro atoms. The Bertz CT molecular complexity index is 5880. The molecule has 6 aromatic heterocycles. The number of amides is 3. The van der Waals surface area contributed by atoms with Crippen LogP contribution in [-0.2, 0) is 72.9 Å². The molecule has 3 amide bonds. The zero-order valence-electron chi connectivity index (χ0n) is 74.9. The van der Waals surface area contributed by atoms with Gasteiger partial charge in [0.05, 0.1) is 104 Å². The van der Waals surface area contributed by atoms with Crippen molar-refractivity contribution >= 4 is 80.7 Å². The van der Waals surface area contributed by atoms with Crippen LogP contribution in [0.15, 0.2) is 273 Å². The molecule has 0 aliphatic carbocycles. The van der Waals surface area contributed by atoms with Crippen LogP contribution in [0, 0.1) is 17.8 Å². The Morgan fingerprint density at radius 1 is 0.370 bits per heavy atom. The fraction of sp³-hybridized carbons (Fsp3) is 0.257. The first-order chi connectivity index (χ1) is 65.9. The van der Waals surface area contributed by atoms with E-state index < -0.39 is 17.8 Å². The Hall–Kier alpha value is -13.9. The summed E-state index contributed by atoms with van der Waals surface area (Å²) in [7, 11) is 4.75. The smallest absolute Gasteiger partial charge is 0.223 e. The molecule has 135 heavy (non-hydrogen) atoms. The summed E-state index contributed by atoms with van der Waals surface area (Å²) in [4.78, 5) is 108. The van der Waals surface area contributed by atoms with Crippen LogP contribution in [0.3, 0.4) is 0 Å². The quantitative estimate of drug-likeness (QED) is 0.0169. The number of nitrogens with one attached hydrogen (secondary N) is 6. The van der Waals surface area contributed by atoms with E-state index in [2.05, 4.69) is 148 Å². The van der Waals surface area contributed by atoms with E-state index in [0.29, 0.717) is 117 Å². The molecule has 690 valence electrons. The van der Waals surface area contributed by atoms with Crippen LogP contribution < -0.4 is 46.1 Å². The number of Topliss-reactive ketones (excluding diaryl/α,β-unsaturated/α-hetero) is 3. The molecule has 0 bridgehead atoms. The number of ether oxygens (including phenoxy) is 3. The number of hydrogen-bond acceptors (Lipinski definition) is 23. The number of halogens is 1. The van der Waals surface area contributed by atoms with Gasteiger partial charge in [0.25, 0.3) is 0 Å². The fourth-order valence-electron chi connectivity index (χ4n) is 17.3. The molecular formula is C105H104ClN15O11S3. The summed E-state index contributed by atoms with van der Waals surface area (Å²) in [5, 5.41) is 39.0. The summed E-state index contributed by atoms with van der Waals surface area (Å²) in [6, 6.07) is 63.4. The molecule has 26 nitrogen and oxygen atoms in total. The minimum atomic E-state index is -0.551. The van der Waals surface area contributed by atoms with E-state index in [9.17, 15) is 39.0 Å². The van der Waals surface area contributed by atoms with Gasteiger partial charge in [-0.15, -0.1) is 34.0 Å². The summed E-state index contributed by atoms with van der Waals surface area (Å²) < 4.78 is 24.7. The number of para-hydroxylation sites is 3. The van der Waals surface area contributed by atoms with Crippen LogP contribution in [0.5, 0.6) is 28.7 Å². The number of hydrogen-bond donors (Lipinski definition) is 8. The number of fused-ring (bicyclic) bond motifs is 3. The minimum absolute atomic E-state index is 0.00438. The average Bonchev–Trinajstić information content (AvgIpc) is 1.30. The minimum Gasteiger partial charge on any atom is -0.508 e. The Morgan fingerprint density at radius 2 is 0.652 bits per heavy atom. The van der Waals surface area contributed by atoms with E-state index >= 15 is 0 Å². The van der Waals surface area contributed by atoms with Crippen molar-refractivity contribution in [2.24, 2.45) is 17.8 Å². The number of rotatable bonds is 36. The number of carbonyl (C=O) groups is 6. The lowest BCUT2D eigenvalue weighted by Gasteiger charge is -2.28. The van der Waals surface area contributed by atoms with Gasteiger partial charge < -0.3 is 70.0 Å². The zero-order valence-corrected chi connectivity index (χ0v) is 78.1. The van der Waals surface area contributed by atoms with Gasteiger partial charge in [-0.3, -0.25) is 43.7 Å². The number of imidazole rings is 3. The number of ketones is 3. The highest BCUT2D eigenvalue weighted by atomic mass is 35.5. The molecular weight excluding hydrogens is 1780 g/mol. The second kappa shape index (κ2) is 45.7. The molecule has 3 aliphatic rings. The Balaban J connectivity index is 0.000000147. The highest BCUT2D eigenvalue weighted by Crippen LogP contribution is 2.41. The predicted molar refractivity (Wildman–Crippen MR) is 523 cm³/mol. The number of benzene rings is 9. The summed E-state index contributed by atoms with van der Waals surface area (Å²) in [6.45, 7) is 5.40. The molecule has 0 radical (unpaired) electrons. The summed E-state index contributed by atoms with van der Waals surface area (Å²) in [5.74, 6) is -0.498. The molecule has 8 N–H and O–H groups in total. The fourth-order valence-corrected chi connectivity index (χ4v) is 19.3. The van der Waals surface area contributed by atoms with E-state index in [1.54, 1.807) is 134 Å². The normalized spacial score (nSPS) is 14.7. The van der Waals surface area contributed by atoms with Crippen molar-refractivity contribution in [3.8, 4) is 60.1 Å². The van der Waals surface area contributed by atoms with Gasteiger partial charge in [-0.25, -0.2) is 15.0 Å². The lowest BCUT2D eigenvalue weighted by atomic mass is 9.89. The molecule has 0 saturated heterocycles. The number of thiazole rings is 3. The lowest BCUT2D eigenvalue weighted by molar-refractivity contribution is -0.125. The van der Waals surface area contributed by atoms with Crippen LogP contribution >= 0.6 is 45.6 Å². The number of nitrogens with zero attached hydrogens (tertiary/aromatic N) is 9. The van der Waals surface area contributed by atoms with Crippen LogP contribution in [0.1, 0.15) is 155 Å². The molecule has 1 unspecified atom stereocenters. The maximum Gasteiger partial charge on any atom is 0.223 e. The van der Waals surface area contributed by atoms with Crippen molar-refractivity contribution in [1.29, 1.82) is 0 Å². The Labute approximate surface area is 799 Å². The Kier molecular flexibility index (Phi) is 31.9. The second-order valence-corrected chi connectivity index (χ2v) is 36.6. The van der Waals surface area contributed by atoms with Crippen molar-refractivity contribution in [2.75, 3.05) is 41.0 Å². The zero-order chi connectivity index (χ0) is 93.5. The summed E-state index contributed by atoms with van der Waals surface area (Å²) in [6.07, 6.45) is 20.5.